The highest BCUT2D eigenvalue weighted by atomic mass is 16.4. The van der Waals surface area contributed by atoms with E-state index in [0.29, 0.717) is 5.92 Å². The van der Waals surface area contributed by atoms with E-state index >= 15 is 0 Å². The monoisotopic (exact) mass is 199 g/mol. The predicted molar refractivity (Wildman–Crippen MR) is 56.0 cm³/mol. The lowest BCUT2D eigenvalue weighted by molar-refractivity contribution is -0.139. The Morgan fingerprint density at radius 2 is 2.00 bits per heavy atom. The molecule has 14 heavy (non-hydrogen) atoms. The molecular weight excluding hydrogens is 178 g/mol. The molecule has 0 aromatic rings. The summed E-state index contributed by atoms with van der Waals surface area (Å²) in [4.78, 5) is 10.8. The highest BCUT2D eigenvalue weighted by Crippen LogP contribution is 2.37. The van der Waals surface area contributed by atoms with Gasteiger partial charge in [0.05, 0.1) is 6.42 Å². The maximum absolute atomic E-state index is 10.8. The summed E-state index contributed by atoms with van der Waals surface area (Å²) < 4.78 is 0. The minimum Gasteiger partial charge on any atom is -0.481 e. The van der Waals surface area contributed by atoms with Gasteiger partial charge in [0, 0.05) is 5.54 Å². The zero-order chi connectivity index (χ0) is 10.8. The Hall–Kier alpha value is -0.570. The van der Waals surface area contributed by atoms with Crippen molar-refractivity contribution in [3.05, 3.63) is 0 Å². The second-order valence-electron chi connectivity index (χ2n) is 5.07. The van der Waals surface area contributed by atoms with Crippen molar-refractivity contribution in [1.82, 2.24) is 0 Å². The molecule has 0 radical (unpaired) electrons. The lowest BCUT2D eigenvalue weighted by atomic mass is 9.75. The first-order valence-electron chi connectivity index (χ1n) is 5.42. The van der Waals surface area contributed by atoms with Crippen molar-refractivity contribution < 1.29 is 9.90 Å². The fourth-order valence-corrected chi connectivity index (χ4v) is 2.59. The molecule has 0 bridgehead atoms. The molecule has 1 aliphatic carbocycles. The summed E-state index contributed by atoms with van der Waals surface area (Å²) in [5.74, 6) is -0.0750. The smallest absolute Gasteiger partial charge is 0.303 e. The van der Waals surface area contributed by atoms with E-state index in [0.717, 1.165) is 12.8 Å². The molecule has 0 aliphatic heterocycles. The van der Waals surface area contributed by atoms with Gasteiger partial charge in [-0.1, -0.05) is 25.7 Å². The molecule has 0 heterocycles. The molecule has 3 nitrogen and oxygen atoms in total. The summed E-state index contributed by atoms with van der Waals surface area (Å²) in [6.45, 7) is 3.89. The molecule has 3 N–H and O–H groups in total. The number of carboxylic acids is 1. The van der Waals surface area contributed by atoms with Gasteiger partial charge in [-0.3, -0.25) is 4.79 Å². The average molecular weight is 199 g/mol. The largest absolute Gasteiger partial charge is 0.481 e. The van der Waals surface area contributed by atoms with Gasteiger partial charge in [-0.25, -0.2) is 0 Å². The van der Waals surface area contributed by atoms with Crippen molar-refractivity contribution in [1.29, 1.82) is 0 Å². The summed E-state index contributed by atoms with van der Waals surface area (Å²) in [6.07, 6.45) is 4.99. The normalized spacial score (nSPS) is 21.1. The van der Waals surface area contributed by atoms with Crippen LogP contribution in [0.5, 0.6) is 0 Å². The van der Waals surface area contributed by atoms with E-state index in [4.69, 9.17) is 10.8 Å². The standard InChI is InChI=1S/C11H21NO2/c1-11(2,12)9(7-10(13)14)8-5-3-4-6-8/h8-9H,3-7,12H2,1-2H3,(H,13,14). The zero-order valence-electron chi connectivity index (χ0n) is 9.12. The van der Waals surface area contributed by atoms with Crippen LogP contribution in [0.15, 0.2) is 0 Å². The summed E-state index contributed by atoms with van der Waals surface area (Å²) in [6, 6.07) is 0. The van der Waals surface area contributed by atoms with Gasteiger partial charge in [-0.05, 0) is 25.7 Å². The minimum absolute atomic E-state index is 0.127. The van der Waals surface area contributed by atoms with Gasteiger partial charge in [0.25, 0.3) is 0 Å². The van der Waals surface area contributed by atoms with Gasteiger partial charge >= 0.3 is 5.97 Å². The van der Waals surface area contributed by atoms with E-state index in [1.807, 2.05) is 13.8 Å². The quantitative estimate of drug-likeness (QED) is 0.728. The molecule has 1 atom stereocenters. The molecule has 0 spiro atoms. The maximum atomic E-state index is 10.8. The van der Waals surface area contributed by atoms with Gasteiger partial charge in [0.2, 0.25) is 0 Å². The summed E-state index contributed by atoms with van der Waals surface area (Å²) in [5, 5.41) is 8.85. The molecule has 1 aliphatic rings. The highest BCUT2D eigenvalue weighted by Gasteiger charge is 2.35. The van der Waals surface area contributed by atoms with Crippen LogP contribution in [0.4, 0.5) is 0 Å². The van der Waals surface area contributed by atoms with Gasteiger partial charge in [0.1, 0.15) is 0 Å². The highest BCUT2D eigenvalue weighted by molar-refractivity contribution is 5.67. The third-order valence-corrected chi connectivity index (χ3v) is 3.32. The Bertz CT molecular complexity index is 202. The van der Waals surface area contributed by atoms with Crippen molar-refractivity contribution in [2.75, 3.05) is 0 Å². The minimum atomic E-state index is -0.722. The fraction of sp³-hybridized carbons (Fsp3) is 0.909. The first-order chi connectivity index (χ1) is 6.41. The number of aliphatic carboxylic acids is 1. The molecule has 1 saturated carbocycles. The molecule has 0 aromatic carbocycles. The van der Waals surface area contributed by atoms with Crippen molar-refractivity contribution in [2.45, 2.75) is 51.5 Å². The molecule has 82 valence electrons. The van der Waals surface area contributed by atoms with Crippen LogP contribution in [0.25, 0.3) is 0 Å². The number of hydrogen-bond acceptors (Lipinski definition) is 2. The number of rotatable bonds is 4. The van der Waals surface area contributed by atoms with Gasteiger partial charge in [0.15, 0.2) is 0 Å². The van der Waals surface area contributed by atoms with Crippen molar-refractivity contribution in [3.8, 4) is 0 Å². The van der Waals surface area contributed by atoms with Crippen LogP contribution in [0, 0.1) is 11.8 Å². The van der Waals surface area contributed by atoms with Crippen molar-refractivity contribution >= 4 is 5.97 Å². The summed E-state index contributed by atoms with van der Waals surface area (Å²) in [7, 11) is 0. The van der Waals surface area contributed by atoms with Crippen LogP contribution in [0.1, 0.15) is 46.0 Å². The summed E-state index contributed by atoms with van der Waals surface area (Å²) >= 11 is 0. The lowest BCUT2D eigenvalue weighted by Crippen LogP contribution is -2.45. The Kier molecular flexibility index (Phi) is 3.53. The average Bonchev–Trinajstić information content (AvgIpc) is 2.49. The third-order valence-electron chi connectivity index (χ3n) is 3.32. The maximum Gasteiger partial charge on any atom is 0.303 e. The lowest BCUT2D eigenvalue weighted by Gasteiger charge is -2.34. The van der Waals surface area contributed by atoms with Crippen LogP contribution in [-0.4, -0.2) is 16.6 Å². The first-order valence-corrected chi connectivity index (χ1v) is 5.42. The molecular formula is C11H21NO2. The Morgan fingerprint density at radius 1 is 1.50 bits per heavy atom. The summed E-state index contributed by atoms with van der Waals surface area (Å²) in [5.41, 5.74) is 5.68. The van der Waals surface area contributed by atoms with Crippen molar-refractivity contribution in [3.63, 3.8) is 0 Å². The number of carbonyl (C=O) groups is 1. The van der Waals surface area contributed by atoms with Gasteiger partial charge in [-0.2, -0.15) is 0 Å². The van der Waals surface area contributed by atoms with Gasteiger partial charge in [-0.15, -0.1) is 0 Å². The van der Waals surface area contributed by atoms with E-state index in [2.05, 4.69) is 0 Å². The third kappa shape index (κ3) is 2.98. The van der Waals surface area contributed by atoms with Crippen LogP contribution in [0.3, 0.4) is 0 Å². The van der Waals surface area contributed by atoms with E-state index < -0.39 is 5.97 Å². The van der Waals surface area contributed by atoms with Gasteiger partial charge < -0.3 is 10.8 Å². The number of nitrogens with two attached hydrogens (primary N) is 1. The van der Waals surface area contributed by atoms with Crippen LogP contribution >= 0.6 is 0 Å². The molecule has 0 aromatic heterocycles. The fourth-order valence-electron chi connectivity index (χ4n) is 2.59. The molecule has 1 fully saturated rings. The molecule has 0 saturated heterocycles. The zero-order valence-corrected chi connectivity index (χ0v) is 9.12. The number of carboxylic acid groups (broad SMARTS) is 1. The second kappa shape index (κ2) is 4.30. The van der Waals surface area contributed by atoms with E-state index in [9.17, 15) is 4.79 Å². The van der Waals surface area contributed by atoms with E-state index in [-0.39, 0.29) is 17.9 Å². The molecule has 3 heteroatoms. The number of hydrogen-bond donors (Lipinski definition) is 2. The molecule has 1 rings (SSSR count). The van der Waals surface area contributed by atoms with Crippen LogP contribution in [0.2, 0.25) is 0 Å². The predicted octanol–water partition coefficient (Wildman–Crippen LogP) is 2.00. The Balaban J connectivity index is 2.65. The van der Waals surface area contributed by atoms with E-state index in [1.165, 1.54) is 12.8 Å². The second-order valence-corrected chi connectivity index (χ2v) is 5.07. The van der Waals surface area contributed by atoms with Crippen molar-refractivity contribution in [2.24, 2.45) is 17.6 Å². The van der Waals surface area contributed by atoms with E-state index in [1.54, 1.807) is 0 Å². The van der Waals surface area contributed by atoms with Crippen LogP contribution in [-0.2, 0) is 4.79 Å². The first kappa shape index (κ1) is 11.5. The topological polar surface area (TPSA) is 63.3 Å². The Labute approximate surface area is 85.7 Å². The Morgan fingerprint density at radius 3 is 2.36 bits per heavy atom. The molecule has 0 amide bonds. The molecule has 1 unspecified atom stereocenters. The van der Waals surface area contributed by atoms with Crippen LogP contribution < -0.4 is 5.73 Å². The SMILES string of the molecule is CC(C)(N)C(CC(=O)O)C1CCCC1.